The lowest BCUT2D eigenvalue weighted by molar-refractivity contribution is 0.173. The summed E-state index contributed by atoms with van der Waals surface area (Å²) in [7, 11) is 2.10. The molecular formula is C17H23Cl2N3O. The fourth-order valence-corrected chi connectivity index (χ4v) is 3.45. The Labute approximate surface area is 147 Å². The van der Waals surface area contributed by atoms with Crippen LogP contribution in [-0.4, -0.2) is 48.1 Å². The van der Waals surface area contributed by atoms with E-state index >= 15 is 0 Å². The first kappa shape index (κ1) is 16.9. The fraction of sp³-hybridized carbons (Fsp3) is 0.588. The number of rotatable bonds is 4. The normalized spacial score (nSPS) is 22.0. The molecule has 1 aromatic rings. The summed E-state index contributed by atoms with van der Waals surface area (Å²) in [5.41, 5.74) is 1.02. The molecule has 0 radical (unpaired) electrons. The number of benzene rings is 1. The highest BCUT2D eigenvalue weighted by molar-refractivity contribution is 6.42. The number of hydrogen-bond donors (Lipinski definition) is 1. The first-order valence-electron chi connectivity index (χ1n) is 8.22. The van der Waals surface area contributed by atoms with Crippen molar-refractivity contribution in [1.82, 2.24) is 15.1 Å². The fourth-order valence-electron chi connectivity index (χ4n) is 3.13. The molecule has 1 atom stereocenters. The van der Waals surface area contributed by atoms with Crippen molar-refractivity contribution in [3.05, 3.63) is 33.8 Å². The number of likely N-dealkylation sites (tertiary alicyclic amines) is 1. The van der Waals surface area contributed by atoms with Crippen molar-refractivity contribution in [1.29, 1.82) is 0 Å². The molecule has 1 aliphatic heterocycles. The first-order valence-corrected chi connectivity index (χ1v) is 8.98. The molecule has 0 unspecified atom stereocenters. The van der Waals surface area contributed by atoms with E-state index in [-0.39, 0.29) is 12.1 Å². The zero-order valence-electron chi connectivity index (χ0n) is 13.4. The molecule has 1 heterocycles. The lowest BCUT2D eigenvalue weighted by atomic mass is 10.1. The Hall–Kier alpha value is -0.970. The highest BCUT2D eigenvalue weighted by Crippen LogP contribution is 2.30. The van der Waals surface area contributed by atoms with Gasteiger partial charge in [-0.1, -0.05) is 29.3 Å². The van der Waals surface area contributed by atoms with Gasteiger partial charge in [0.2, 0.25) is 0 Å². The van der Waals surface area contributed by atoms with E-state index in [1.54, 1.807) is 6.07 Å². The Morgan fingerprint density at radius 1 is 1.30 bits per heavy atom. The van der Waals surface area contributed by atoms with Crippen LogP contribution in [0, 0.1) is 0 Å². The third-order valence-corrected chi connectivity index (χ3v) is 5.28. The van der Waals surface area contributed by atoms with Crippen LogP contribution >= 0.6 is 23.2 Å². The van der Waals surface area contributed by atoms with E-state index in [1.807, 2.05) is 17.0 Å². The minimum absolute atomic E-state index is 0.0406. The highest BCUT2D eigenvalue weighted by atomic mass is 35.5. The molecule has 0 bridgehead atoms. The average Bonchev–Trinajstić information content (AvgIpc) is 3.33. The molecule has 126 valence electrons. The van der Waals surface area contributed by atoms with Gasteiger partial charge in [0.05, 0.1) is 10.0 Å². The van der Waals surface area contributed by atoms with Gasteiger partial charge < -0.3 is 15.1 Å². The van der Waals surface area contributed by atoms with Gasteiger partial charge in [-0.3, -0.25) is 0 Å². The Morgan fingerprint density at radius 3 is 2.74 bits per heavy atom. The van der Waals surface area contributed by atoms with E-state index in [9.17, 15) is 4.79 Å². The van der Waals surface area contributed by atoms with Gasteiger partial charge in [-0.2, -0.15) is 0 Å². The van der Waals surface area contributed by atoms with Gasteiger partial charge in [0.25, 0.3) is 0 Å². The van der Waals surface area contributed by atoms with Crippen LogP contribution < -0.4 is 5.32 Å². The van der Waals surface area contributed by atoms with Crippen molar-refractivity contribution in [2.24, 2.45) is 0 Å². The number of piperidine rings is 1. The second-order valence-electron chi connectivity index (χ2n) is 6.66. The molecule has 0 aromatic heterocycles. The number of hydrogen-bond acceptors (Lipinski definition) is 2. The minimum atomic E-state index is 0.0406. The maximum Gasteiger partial charge on any atom is 0.318 e. The summed E-state index contributed by atoms with van der Waals surface area (Å²) in [6.45, 7) is 2.62. The summed E-state index contributed by atoms with van der Waals surface area (Å²) in [4.78, 5) is 16.9. The number of carbonyl (C=O) groups is 1. The van der Waals surface area contributed by atoms with E-state index < -0.39 is 0 Å². The zero-order valence-corrected chi connectivity index (χ0v) is 14.9. The van der Waals surface area contributed by atoms with Crippen LogP contribution in [0.15, 0.2) is 18.2 Å². The van der Waals surface area contributed by atoms with Crippen molar-refractivity contribution < 1.29 is 4.79 Å². The molecule has 1 aliphatic carbocycles. The molecule has 2 fully saturated rings. The van der Waals surface area contributed by atoms with Crippen LogP contribution in [-0.2, 0) is 6.54 Å². The van der Waals surface area contributed by atoms with E-state index in [0.29, 0.717) is 22.6 Å². The molecular weight excluding hydrogens is 333 g/mol. The van der Waals surface area contributed by atoms with Gasteiger partial charge in [0, 0.05) is 25.2 Å². The number of nitrogens with one attached hydrogen (secondary N) is 1. The lowest BCUT2D eigenvalue weighted by Gasteiger charge is -2.32. The Morgan fingerprint density at radius 2 is 2.09 bits per heavy atom. The van der Waals surface area contributed by atoms with E-state index in [2.05, 4.69) is 17.3 Å². The van der Waals surface area contributed by atoms with E-state index in [4.69, 9.17) is 23.2 Å². The Kier molecular flexibility index (Phi) is 5.34. The average molecular weight is 356 g/mol. The predicted molar refractivity (Wildman–Crippen MR) is 94.1 cm³/mol. The van der Waals surface area contributed by atoms with Gasteiger partial charge in [-0.05, 0) is 57.0 Å². The van der Waals surface area contributed by atoms with Crippen LogP contribution in [0.2, 0.25) is 10.0 Å². The van der Waals surface area contributed by atoms with Crippen molar-refractivity contribution in [2.75, 3.05) is 20.1 Å². The van der Waals surface area contributed by atoms with Crippen molar-refractivity contribution in [3.8, 4) is 0 Å². The minimum Gasteiger partial charge on any atom is -0.334 e. The maximum atomic E-state index is 12.7. The molecule has 1 saturated heterocycles. The van der Waals surface area contributed by atoms with E-state index in [0.717, 1.165) is 44.3 Å². The quantitative estimate of drug-likeness (QED) is 0.892. The van der Waals surface area contributed by atoms with Gasteiger partial charge in [-0.15, -0.1) is 0 Å². The largest absolute Gasteiger partial charge is 0.334 e. The van der Waals surface area contributed by atoms with Crippen LogP contribution in [0.4, 0.5) is 4.79 Å². The standard InChI is InChI=1S/C17H23Cl2N3O/c1-21-8-2-3-13(11-21)20-17(23)22(14-5-6-14)10-12-4-7-15(18)16(19)9-12/h4,7,9,13-14H,2-3,5-6,8,10-11H2,1H3,(H,20,23)/t13-/m1/s1. The number of halogens is 2. The maximum absolute atomic E-state index is 12.7. The summed E-state index contributed by atoms with van der Waals surface area (Å²) in [6.07, 6.45) is 4.36. The van der Waals surface area contributed by atoms with Gasteiger partial charge in [0.1, 0.15) is 0 Å². The van der Waals surface area contributed by atoms with Crippen LogP contribution in [0.25, 0.3) is 0 Å². The Bertz CT molecular complexity index is 577. The molecule has 1 N–H and O–H groups in total. The van der Waals surface area contributed by atoms with Crippen LogP contribution in [0.1, 0.15) is 31.2 Å². The van der Waals surface area contributed by atoms with Crippen LogP contribution in [0.5, 0.6) is 0 Å². The van der Waals surface area contributed by atoms with Gasteiger partial charge >= 0.3 is 6.03 Å². The molecule has 4 nitrogen and oxygen atoms in total. The second-order valence-corrected chi connectivity index (χ2v) is 7.47. The molecule has 1 saturated carbocycles. The second kappa shape index (κ2) is 7.29. The molecule has 3 rings (SSSR count). The number of nitrogens with zero attached hydrogens (tertiary/aromatic N) is 2. The smallest absolute Gasteiger partial charge is 0.318 e. The van der Waals surface area contributed by atoms with Crippen molar-refractivity contribution in [3.63, 3.8) is 0 Å². The molecule has 1 aromatic carbocycles. The number of urea groups is 1. The summed E-state index contributed by atoms with van der Waals surface area (Å²) < 4.78 is 0. The zero-order chi connectivity index (χ0) is 16.4. The lowest BCUT2D eigenvalue weighted by Crippen LogP contribution is -2.51. The first-order chi connectivity index (χ1) is 11.0. The Balaban J connectivity index is 1.63. The molecule has 6 heteroatoms. The number of carbonyl (C=O) groups excluding carboxylic acids is 1. The monoisotopic (exact) mass is 355 g/mol. The topological polar surface area (TPSA) is 35.6 Å². The summed E-state index contributed by atoms with van der Waals surface area (Å²) >= 11 is 12.1. The van der Waals surface area contributed by atoms with Gasteiger partial charge in [-0.25, -0.2) is 4.79 Å². The molecule has 2 aliphatic rings. The van der Waals surface area contributed by atoms with Gasteiger partial charge in [0.15, 0.2) is 0 Å². The summed E-state index contributed by atoms with van der Waals surface area (Å²) in [5, 5.41) is 4.28. The summed E-state index contributed by atoms with van der Waals surface area (Å²) in [6, 6.07) is 6.21. The van der Waals surface area contributed by atoms with E-state index in [1.165, 1.54) is 0 Å². The molecule has 2 amide bonds. The van der Waals surface area contributed by atoms with Crippen molar-refractivity contribution in [2.45, 2.75) is 44.3 Å². The summed E-state index contributed by atoms with van der Waals surface area (Å²) in [5.74, 6) is 0. The van der Waals surface area contributed by atoms with Crippen LogP contribution in [0.3, 0.4) is 0 Å². The highest BCUT2D eigenvalue weighted by Gasteiger charge is 2.33. The third kappa shape index (κ3) is 4.52. The third-order valence-electron chi connectivity index (χ3n) is 4.54. The molecule has 0 spiro atoms. The van der Waals surface area contributed by atoms with Crippen molar-refractivity contribution >= 4 is 29.2 Å². The SMILES string of the molecule is CN1CCC[C@@H](NC(=O)N(Cc2ccc(Cl)c(Cl)c2)C2CC2)C1. The molecule has 23 heavy (non-hydrogen) atoms. The number of amides is 2. The number of likely N-dealkylation sites (N-methyl/N-ethyl adjacent to an activating group) is 1. The predicted octanol–water partition coefficient (Wildman–Crippen LogP) is 3.76.